The van der Waals surface area contributed by atoms with E-state index in [9.17, 15) is 8.42 Å². The van der Waals surface area contributed by atoms with Gasteiger partial charge in [-0.25, -0.2) is 18.4 Å². The number of rotatable bonds is 5. The number of aromatic nitrogens is 3. The molecule has 2 aromatic heterocycles. The fourth-order valence-electron chi connectivity index (χ4n) is 3.34. The summed E-state index contributed by atoms with van der Waals surface area (Å²) in [5, 5.41) is 6.53. The summed E-state index contributed by atoms with van der Waals surface area (Å²) in [5.41, 5.74) is 3.62. The van der Waals surface area contributed by atoms with Gasteiger partial charge in [-0.2, -0.15) is 0 Å². The fourth-order valence-corrected chi connectivity index (χ4v) is 4.17. The molecule has 7 nitrogen and oxygen atoms in total. The number of piperidine rings is 1. The van der Waals surface area contributed by atoms with Crippen molar-refractivity contribution in [3.05, 3.63) is 41.0 Å². The lowest BCUT2D eigenvalue weighted by molar-refractivity contribution is 0.448. The van der Waals surface area contributed by atoms with Gasteiger partial charge >= 0.3 is 0 Å². The Hall–Kier alpha value is -2.06. The quantitative estimate of drug-likeness (QED) is 0.824. The summed E-state index contributed by atoms with van der Waals surface area (Å²) in [5.74, 6) is 0.535. The van der Waals surface area contributed by atoms with Crippen LogP contribution in [0.25, 0.3) is 0 Å². The van der Waals surface area contributed by atoms with Crippen molar-refractivity contribution in [1.29, 1.82) is 0 Å². The van der Waals surface area contributed by atoms with Crippen LogP contribution >= 0.6 is 0 Å². The zero-order valence-corrected chi connectivity index (χ0v) is 16.2. The number of nitrogens with zero attached hydrogens (tertiary/aromatic N) is 3. The molecule has 2 N–H and O–H groups in total. The van der Waals surface area contributed by atoms with Gasteiger partial charge in [-0.3, -0.25) is 4.98 Å². The fraction of sp³-hybridized carbons (Fsp3) is 0.500. The van der Waals surface area contributed by atoms with E-state index in [4.69, 9.17) is 0 Å². The summed E-state index contributed by atoms with van der Waals surface area (Å²) in [7, 11) is -3.37. The van der Waals surface area contributed by atoms with Gasteiger partial charge < -0.3 is 10.6 Å². The molecule has 2 aromatic rings. The molecule has 0 spiro atoms. The van der Waals surface area contributed by atoms with Crippen molar-refractivity contribution in [3.8, 4) is 0 Å². The Kier molecular flexibility index (Phi) is 5.52. The lowest BCUT2D eigenvalue weighted by atomic mass is 9.96. The highest BCUT2D eigenvalue weighted by Gasteiger charge is 2.25. The Morgan fingerprint density at radius 2 is 1.96 bits per heavy atom. The van der Waals surface area contributed by atoms with Gasteiger partial charge in [0.25, 0.3) is 0 Å². The largest absolute Gasteiger partial charge is 0.350 e. The third-order valence-electron chi connectivity index (χ3n) is 4.46. The zero-order valence-electron chi connectivity index (χ0n) is 15.4. The first kappa shape index (κ1) is 18.7. The second kappa shape index (κ2) is 7.67. The van der Waals surface area contributed by atoms with Crippen LogP contribution in [0.2, 0.25) is 0 Å². The minimum atomic E-state index is -3.37. The molecule has 8 heteroatoms. The predicted octanol–water partition coefficient (Wildman–Crippen LogP) is 1.97. The van der Waals surface area contributed by atoms with Crippen LogP contribution in [-0.4, -0.2) is 42.7 Å². The first-order valence-electron chi connectivity index (χ1n) is 8.78. The summed E-state index contributed by atoms with van der Waals surface area (Å²) in [6, 6.07) is 4.02. The van der Waals surface area contributed by atoms with Crippen LogP contribution in [0.1, 0.15) is 41.4 Å². The molecule has 1 saturated heterocycles. The monoisotopic (exact) mass is 375 g/mol. The maximum absolute atomic E-state index is 12.1. The molecule has 0 radical (unpaired) electrons. The summed E-state index contributed by atoms with van der Waals surface area (Å²) in [6.07, 6.45) is 4.57. The van der Waals surface area contributed by atoms with Crippen molar-refractivity contribution in [1.82, 2.24) is 20.3 Å². The van der Waals surface area contributed by atoms with Gasteiger partial charge in [0.05, 0.1) is 11.9 Å². The van der Waals surface area contributed by atoms with Gasteiger partial charge in [0.1, 0.15) is 4.90 Å². The Labute approximate surface area is 154 Å². The van der Waals surface area contributed by atoms with Gasteiger partial charge in [0.15, 0.2) is 9.84 Å². The van der Waals surface area contributed by atoms with E-state index in [1.165, 1.54) is 12.5 Å². The molecule has 26 heavy (non-hydrogen) atoms. The summed E-state index contributed by atoms with van der Waals surface area (Å²) >= 11 is 0. The van der Waals surface area contributed by atoms with Crippen molar-refractivity contribution < 1.29 is 8.42 Å². The molecule has 1 aliphatic rings. The molecule has 1 atom stereocenters. The van der Waals surface area contributed by atoms with Crippen molar-refractivity contribution in [2.24, 2.45) is 0 Å². The maximum atomic E-state index is 12.1. The average molecular weight is 375 g/mol. The Bertz CT molecular complexity index is 872. The molecule has 0 aliphatic carbocycles. The second-order valence-corrected chi connectivity index (χ2v) is 8.85. The van der Waals surface area contributed by atoms with Crippen LogP contribution < -0.4 is 10.6 Å². The van der Waals surface area contributed by atoms with E-state index in [1.807, 2.05) is 26.0 Å². The second-order valence-electron chi connectivity index (χ2n) is 6.87. The van der Waals surface area contributed by atoms with E-state index in [0.29, 0.717) is 18.2 Å². The molecule has 0 bridgehead atoms. The highest BCUT2D eigenvalue weighted by atomic mass is 32.2. The van der Waals surface area contributed by atoms with Gasteiger partial charge in [-0.05, 0) is 50.9 Å². The van der Waals surface area contributed by atoms with Gasteiger partial charge in [-0.1, -0.05) is 0 Å². The molecule has 0 saturated carbocycles. The molecule has 0 unspecified atom stereocenters. The van der Waals surface area contributed by atoms with Gasteiger partial charge in [0.2, 0.25) is 5.95 Å². The normalized spacial score (nSPS) is 17.9. The highest BCUT2D eigenvalue weighted by molar-refractivity contribution is 7.90. The Balaban J connectivity index is 1.86. The number of hydrogen-bond donors (Lipinski definition) is 2. The summed E-state index contributed by atoms with van der Waals surface area (Å²) < 4.78 is 24.3. The van der Waals surface area contributed by atoms with Crippen LogP contribution in [-0.2, 0) is 16.4 Å². The molecule has 1 fully saturated rings. The van der Waals surface area contributed by atoms with E-state index >= 15 is 0 Å². The molecule has 140 valence electrons. The number of hydrogen-bond acceptors (Lipinski definition) is 7. The standard InChI is InChI=1S/C18H25N5O2S/c1-12-7-14(8-13(2)22-12)9-20-18-21-11-16(26(3,24)25)17(23-18)15-5-4-6-19-10-15/h7-8,11,15,19H,4-6,9-10H2,1-3H3,(H,20,21,23)/t15-/m1/s1. The number of aryl methyl sites for hydroxylation is 2. The molecule has 3 heterocycles. The lowest BCUT2D eigenvalue weighted by Gasteiger charge is -2.24. The number of sulfone groups is 1. The van der Waals surface area contributed by atoms with Crippen LogP contribution in [0.3, 0.4) is 0 Å². The van der Waals surface area contributed by atoms with Crippen LogP contribution in [0.15, 0.2) is 23.2 Å². The number of pyridine rings is 1. The first-order chi connectivity index (χ1) is 12.3. The molecule has 0 amide bonds. The van der Waals surface area contributed by atoms with Crippen molar-refractivity contribution in [2.45, 2.75) is 44.0 Å². The SMILES string of the molecule is Cc1cc(CNc2ncc(S(C)(=O)=O)c([C@@H]3CCCNC3)n2)cc(C)n1. The summed E-state index contributed by atoms with van der Waals surface area (Å²) in [6.45, 7) is 6.18. The zero-order chi connectivity index (χ0) is 18.7. The minimum Gasteiger partial charge on any atom is -0.350 e. The van der Waals surface area contributed by atoms with Crippen molar-refractivity contribution >= 4 is 15.8 Å². The van der Waals surface area contributed by atoms with Crippen LogP contribution in [0.4, 0.5) is 5.95 Å². The van der Waals surface area contributed by atoms with Crippen LogP contribution in [0.5, 0.6) is 0 Å². The lowest BCUT2D eigenvalue weighted by Crippen LogP contribution is -2.30. The van der Waals surface area contributed by atoms with E-state index < -0.39 is 9.84 Å². The van der Waals surface area contributed by atoms with Gasteiger partial charge in [0, 0.05) is 36.7 Å². The highest BCUT2D eigenvalue weighted by Crippen LogP contribution is 2.28. The van der Waals surface area contributed by atoms with Crippen molar-refractivity contribution in [3.63, 3.8) is 0 Å². The average Bonchev–Trinajstić information content (AvgIpc) is 2.59. The third kappa shape index (κ3) is 4.56. The third-order valence-corrected chi connectivity index (χ3v) is 5.57. The van der Waals surface area contributed by atoms with Crippen molar-refractivity contribution in [2.75, 3.05) is 24.7 Å². The van der Waals surface area contributed by atoms with Crippen LogP contribution in [0, 0.1) is 13.8 Å². The maximum Gasteiger partial charge on any atom is 0.223 e. The van der Waals surface area contributed by atoms with E-state index in [2.05, 4.69) is 25.6 Å². The smallest absolute Gasteiger partial charge is 0.223 e. The minimum absolute atomic E-state index is 0.0856. The van der Waals surface area contributed by atoms with E-state index in [0.717, 1.165) is 42.9 Å². The number of anilines is 1. The molecule has 0 aromatic carbocycles. The molecule has 1 aliphatic heterocycles. The molecular formula is C18H25N5O2S. The van der Waals surface area contributed by atoms with E-state index in [-0.39, 0.29) is 10.8 Å². The number of nitrogens with one attached hydrogen (secondary N) is 2. The Morgan fingerprint density at radius 3 is 2.58 bits per heavy atom. The molecular weight excluding hydrogens is 350 g/mol. The van der Waals surface area contributed by atoms with E-state index in [1.54, 1.807) is 0 Å². The molecule has 3 rings (SSSR count). The Morgan fingerprint density at radius 1 is 1.23 bits per heavy atom. The predicted molar refractivity (Wildman–Crippen MR) is 101 cm³/mol. The topological polar surface area (TPSA) is 96.9 Å². The summed E-state index contributed by atoms with van der Waals surface area (Å²) in [4.78, 5) is 13.4. The first-order valence-corrected chi connectivity index (χ1v) is 10.7. The van der Waals surface area contributed by atoms with Gasteiger partial charge in [-0.15, -0.1) is 0 Å².